The number of H-pyrrole nitrogens is 1. The average Bonchev–Trinajstić information content (AvgIpc) is 3.33. The first-order valence-electron chi connectivity index (χ1n) is 13.7. The number of carbonyl (C=O) groups excluding carboxylic acids is 1. The number of aromatic amines is 1. The summed E-state index contributed by atoms with van der Waals surface area (Å²) < 4.78 is 7.54. The summed E-state index contributed by atoms with van der Waals surface area (Å²) in [4.78, 5) is 29.1. The lowest BCUT2D eigenvalue weighted by molar-refractivity contribution is 0.0557. The van der Waals surface area contributed by atoms with Crippen LogP contribution in [0, 0.1) is 0 Å². The zero-order chi connectivity index (χ0) is 26.2. The Morgan fingerprint density at radius 1 is 1.05 bits per heavy atom. The van der Waals surface area contributed by atoms with E-state index in [0.717, 1.165) is 60.9 Å². The van der Waals surface area contributed by atoms with Crippen molar-refractivity contribution in [2.75, 3.05) is 12.3 Å². The zero-order valence-corrected chi connectivity index (χ0v) is 21.3. The summed E-state index contributed by atoms with van der Waals surface area (Å²) in [6.45, 7) is 0.453. The zero-order valence-electron chi connectivity index (χ0n) is 21.3. The monoisotopic (exact) mass is 527 g/mol. The van der Waals surface area contributed by atoms with Crippen molar-refractivity contribution in [1.82, 2.24) is 39.7 Å². The van der Waals surface area contributed by atoms with E-state index in [1.165, 1.54) is 6.33 Å². The van der Waals surface area contributed by atoms with Crippen LogP contribution in [0.3, 0.4) is 0 Å². The molecule has 12 heteroatoms. The van der Waals surface area contributed by atoms with Gasteiger partial charge in [-0.15, -0.1) is 0 Å². The van der Waals surface area contributed by atoms with Crippen molar-refractivity contribution in [3.05, 3.63) is 47.6 Å². The Balaban J connectivity index is 1.19. The average molecular weight is 528 g/mol. The summed E-state index contributed by atoms with van der Waals surface area (Å²) in [7, 11) is 0. The van der Waals surface area contributed by atoms with Crippen molar-refractivity contribution < 1.29 is 14.6 Å². The van der Waals surface area contributed by atoms with E-state index < -0.39 is 6.10 Å². The molecule has 3 unspecified atom stereocenters. The number of anilines is 1. The topological polar surface area (TPSA) is 160 Å². The van der Waals surface area contributed by atoms with Gasteiger partial charge in [0.15, 0.2) is 5.65 Å². The number of nitrogen functional groups attached to an aromatic ring is 1. The molecule has 4 N–H and O–H groups in total. The number of aliphatic hydroxyl groups excluding tert-OH is 1. The molecule has 1 saturated carbocycles. The Morgan fingerprint density at radius 3 is 2.62 bits per heavy atom. The number of nitrogens with one attached hydrogen (secondary N) is 1. The van der Waals surface area contributed by atoms with Gasteiger partial charge >= 0.3 is 0 Å². The van der Waals surface area contributed by atoms with Crippen LogP contribution < -0.4 is 10.5 Å². The number of nitrogens with two attached hydrogens (primary N) is 1. The van der Waals surface area contributed by atoms with Crippen LogP contribution in [-0.2, 0) is 0 Å². The van der Waals surface area contributed by atoms with Crippen LogP contribution in [0.1, 0.15) is 90.5 Å². The number of aliphatic hydroxyl groups is 1. The number of hydrogen-bond acceptors (Lipinski definition) is 9. The number of hydrogen-bond donors (Lipinski definition) is 3. The summed E-state index contributed by atoms with van der Waals surface area (Å²) in [5.74, 6) is 2.06. The predicted octanol–water partition coefficient (Wildman–Crippen LogP) is 2.74. The molecular formula is C27H29N9O3. The van der Waals surface area contributed by atoms with Gasteiger partial charge in [-0.3, -0.25) is 14.9 Å². The van der Waals surface area contributed by atoms with Gasteiger partial charge < -0.3 is 20.5 Å². The van der Waals surface area contributed by atoms with Crippen LogP contribution in [0.5, 0.6) is 5.75 Å². The summed E-state index contributed by atoms with van der Waals surface area (Å²) in [6, 6.07) is 2.17. The van der Waals surface area contributed by atoms with E-state index in [9.17, 15) is 9.90 Å². The van der Waals surface area contributed by atoms with Crippen LogP contribution in [-0.4, -0.2) is 69.4 Å². The minimum Gasteiger partial charge on any atom is -0.491 e. The Hall–Kier alpha value is -4.06. The second-order valence-electron chi connectivity index (χ2n) is 11.2. The SMILES string of the molecule is Nc1c(C2CC2)c(C2CC3CCC(C2)N3C(=O)c2ncn[nH]2)nc2c(-c3cnc4c(c3)OCCC4O)cnn12. The van der Waals surface area contributed by atoms with Gasteiger partial charge in [0.05, 0.1) is 18.5 Å². The van der Waals surface area contributed by atoms with E-state index in [2.05, 4.69) is 25.3 Å². The lowest BCUT2D eigenvalue weighted by atomic mass is 9.85. The third-order valence-electron chi connectivity index (χ3n) is 8.87. The molecule has 3 aliphatic heterocycles. The number of piperidine rings is 1. The number of nitrogens with zero attached hydrogens (tertiary/aromatic N) is 7. The van der Waals surface area contributed by atoms with Crippen LogP contribution in [0.25, 0.3) is 16.8 Å². The summed E-state index contributed by atoms with van der Waals surface area (Å²) in [6.07, 6.45) is 10.6. The van der Waals surface area contributed by atoms with Crippen LogP contribution >= 0.6 is 0 Å². The molecule has 3 fully saturated rings. The first kappa shape index (κ1) is 22.9. The highest BCUT2D eigenvalue weighted by atomic mass is 16.5. The molecule has 200 valence electrons. The van der Waals surface area contributed by atoms with Crippen LogP contribution in [0.15, 0.2) is 24.8 Å². The number of ether oxygens (including phenoxy) is 1. The van der Waals surface area contributed by atoms with Crippen molar-refractivity contribution >= 4 is 17.4 Å². The molecule has 4 aromatic heterocycles. The molecule has 1 aliphatic carbocycles. The molecule has 2 saturated heterocycles. The van der Waals surface area contributed by atoms with Crippen LogP contribution in [0.4, 0.5) is 5.82 Å². The van der Waals surface area contributed by atoms with E-state index in [-0.39, 0.29) is 23.9 Å². The maximum atomic E-state index is 13.2. The van der Waals surface area contributed by atoms with Crippen molar-refractivity contribution in [3.63, 3.8) is 0 Å². The Morgan fingerprint density at radius 2 is 1.87 bits per heavy atom. The number of rotatable bonds is 4. The van der Waals surface area contributed by atoms with E-state index in [1.807, 2.05) is 11.0 Å². The standard InChI is InChI=1S/C27H29N9O3/c28-24-21(13-1-2-13)22(14-7-16-3-4-17(8-14)35(16)27(38)25-30-12-31-34-25)33-26-18(11-32-36(24)26)15-9-20-23(29-10-15)19(37)5-6-39-20/h9-14,16-17,19,37H,1-8,28H2,(H,30,31,34). The molecular weight excluding hydrogens is 498 g/mol. The molecule has 0 aromatic carbocycles. The van der Waals surface area contributed by atoms with Gasteiger partial charge in [0.25, 0.3) is 5.91 Å². The number of fused-ring (bicyclic) bond motifs is 4. The summed E-state index contributed by atoms with van der Waals surface area (Å²) in [5.41, 5.74) is 11.9. The smallest absolute Gasteiger partial charge is 0.291 e. The molecule has 0 radical (unpaired) electrons. The fourth-order valence-electron chi connectivity index (χ4n) is 6.90. The molecule has 4 aromatic rings. The highest BCUT2D eigenvalue weighted by Gasteiger charge is 2.46. The van der Waals surface area contributed by atoms with Gasteiger partial charge in [0, 0.05) is 47.3 Å². The van der Waals surface area contributed by atoms with Gasteiger partial charge in [-0.05, 0) is 50.5 Å². The fraction of sp³-hybridized carbons (Fsp3) is 0.481. The molecule has 3 atom stereocenters. The van der Waals surface area contributed by atoms with E-state index in [0.29, 0.717) is 47.7 Å². The predicted molar refractivity (Wildman–Crippen MR) is 139 cm³/mol. The molecule has 2 bridgehead atoms. The number of aromatic nitrogens is 7. The van der Waals surface area contributed by atoms with E-state index in [1.54, 1.807) is 16.9 Å². The van der Waals surface area contributed by atoms with Crippen molar-refractivity contribution in [1.29, 1.82) is 0 Å². The Labute approximate surface area is 223 Å². The maximum absolute atomic E-state index is 13.2. The number of carbonyl (C=O) groups is 1. The van der Waals surface area contributed by atoms with E-state index >= 15 is 0 Å². The molecule has 39 heavy (non-hydrogen) atoms. The molecule has 7 heterocycles. The minimum absolute atomic E-state index is 0.0749. The van der Waals surface area contributed by atoms with Gasteiger partial charge in [0.2, 0.25) is 5.82 Å². The van der Waals surface area contributed by atoms with Crippen molar-refractivity contribution in [3.8, 4) is 16.9 Å². The van der Waals surface area contributed by atoms with Crippen molar-refractivity contribution in [2.45, 2.75) is 75.0 Å². The minimum atomic E-state index is -0.620. The molecule has 1 amide bonds. The van der Waals surface area contributed by atoms with Gasteiger partial charge in [-0.2, -0.15) is 14.7 Å². The second kappa shape index (κ2) is 8.47. The van der Waals surface area contributed by atoms with Gasteiger partial charge in [0.1, 0.15) is 29.7 Å². The lowest BCUT2D eigenvalue weighted by Gasteiger charge is -2.39. The van der Waals surface area contributed by atoms with Crippen LogP contribution in [0.2, 0.25) is 0 Å². The Kier molecular flexibility index (Phi) is 4.97. The highest BCUT2D eigenvalue weighted by Crippen LogP contribution is 2.50. The molecule has 4 aliphatic rings. The molecule has 8 rings (SSSR count). The molecule has 0 spiro atoms. The third-order valence-corrected chi connectivity index (χ3v) is 8.87. The second-order valence-corrected chi connectivity index (χ2v) is 11.2. The maximum Gasteiger partial charge on any atom is 0.291 e. The number of pyridine rings is 1. The molecule has 12 nitrogen and oxygen atoms in total. The summed E-state index contributed by atoms with van der Waals surface area (Å²) >= 11 is 0. The normalized spacial score (nSPS) is 26.0. The summed E-state index contributed by atoms with van der Waals surface area (Å²) in [5, 5.41) is 21.5. The Bertz CT molecular complexity index is 1580. The lowest BCUT2D eigenvalue weighted by Crippen LogP contribution is -2.46. The van der Waals surface area contributed by atoms with E-state index in [4.69, 9.17) is 15.5 Å². The van der Waals surface area contributed by atoms with Gasteiger partial charge in [-0.1, -0.05) is 0 Å². The highest BCUT2D eigenvalue weighted by molar-refractivity contribution is 5.91. The first-order chi connectivity index (χ1) is 19.1. The first-order valence-corrected chi connectivity index (χ1v) is 13.7. The largest absolute Gasteiger partial charge is 0.491 e. The number of amides is 1. The fourth-order valence-corrected chi connectivity index (χ4v) is 6.90. The van der Waals surface area contributed by atoms with Crippen molar-refractivity contribution in [2.24, 2.45) is 0 Å². The quantitative estimate of drug-likeness (QED) is 0.362. The van der Waals surface area contributed by atoms with Gasteiger partial charge in [-0.25, -0.2) is 9.97 Å². The third kappa shape index (κ3) is 3.54.